The Morgan fingerprint density at radius 2 is 1.94 bits per heavy atom. The highest BCUT2D eigenvalue weighted by Gasteiger charge is 2.25. The van der Waals surface area contributed by atoms with Crippen molar-refractivity contribution < 1.29 is 19.1 Å². The van der Waals surface area contributed by atoms with Crippen molar-refractivity contribution in [2.75, 3.05) is 13.6 Å². The predicted octanol–water partition coefficient (Wildman–Crippen LogP) is 4.77. The van der Waals surface area contributed by atoms with Crippen LogP contribution in [0.4, 0.5) is 9.59 Å². The van der Waals surface area contributed by atoms with E-state index < -0.39 is 12.1 Å². The standard InChI is InChI=1S/C23H34N4O4S2/c1-15(2)20(26-22(29)27(5)12-17-14-33-21(25-17)16(3)4)19(28)9-6-10-24-23(30)31-13-18-8-7-11-32-18/h7-8,11,14-16,20H,6,9-10,12-13H2,1-5H3,(H,24,30)(H,26,29). The minimum absolute atomic E-state index is 0.0506. The SMILES string of the molecule is CC(C)c1nc(CN(C)C(=O)NC(C(=O)CCCNC(=O)OCc2cccs2)C(C)C)cs1. The van der Waals surface area contributed by atoms with Crippen LogP contribution in [0.3, 0.4) is 0 Å². The van der Waals surface area contributed by atoms with Crippen molar-refractivity contribution in [3.63, 3.8) is 0 Å². The number of thiazole rings is 1. The van der Waals surface area contributed by atoms with Gasteiger partial charge < -0.3 is 20.3 Å². The third-order valence-electron chi connectivity index (χ3n) is 4.90. The Bertz CT molecular complexity index is 896. The van der Waals surface area contributed by atoms with Gasteiger partial charge in [-0.3, -0.25) is 4.79 Å². The summed E-state index contributed by atoms with van der Waals surface area (Å²) in [6, 6.07) is 2.90. The minimum atomic E-state index is -0.590. The molecule has 2 heterocycles. The molecular formula is C23H34N4O4S2. The van der Waals surface area contributed by atoms with Crippen LogP contribution in [0.2, 0.25) is 0 Å². The van der Waals surface area contributed by atoms with E-state index in [4.69, 9.17) is 4.74 Å². The van der Waals surface area contributed by atoms with E-state index in [1.54, 1.807) is 18.4 Å². The first-order valence-corrected chi connectivity index (χ1v) is 12.8. The van der Waals surface area contributed by atoms with Crippen LogP contribution in [0, 0.1) is 5.92 Å². The van der Waals surface area contributed by atoms with E-state index in [2.05, 4.69) is 29.5 Å². The second-order valence-electron chi connectivity index (χ2n) is 8.51. The smallest absolute Gasteiger partial charge is 0.407 e. The molecule has 182 valence electrons. The van der Waals surface area contributed by atoms with Crippen molar-refractivity contribution in [3.05, 3.63) is 38.5 Å². The molecule has 2 N–H and O–H groups in total. The number of carbonyl (C=O) groups excluding carboxylic acids is 3. The molecule has 1 unspecified atom stereocenters. The lowest BCUT2D eigenvalue weighted by Crippen LogP contribution is -2.49. The van der Waals surface area contributed by atoms with Gasteiger partial charge in [0.05, 0.1) is 23.3 Å². The fraction of sp³-hybridized carbons (Fsp3) is 0.565. The van der Waals surface area contributed by atoms with E-state index in [9.17, 15) is 14.4 Å². The maximum atomic E-state index is 12.7. The molecule has 0 aromatic carbocycles. The number of ether oxygens (including phenoxy) is 1. The third-order valence-corrected chi connectivity index (χ3v) is 6.94. The van der Waals surface area contributed by atoms with E-state index in [1.807, 2.05) is 36.7 Å². The van der Waals surface area contributed by atoms with Crippen molar-refractivity contribution in [2.24, 2.45) is 5.92 Å². The zero-order valence-electron chi connectivity index (χ0n) is 19.9. The van der Waals surface area contributed by atoms with Gasteiger partial charge in [-0.25, -0.2) is 14.6 Å². The Labute approximate surface area is 203 Å². The van der Waals surface area contributed by atoms with Crippen molar-refractivity contribution >= 4 is 40.6 Å². The van der Waals surface area contributed by atoms with Gasteiger partial charge in [0.1, 0.15) is 6.61 Å². The van der Waals surface area contributed by atoms with E-state index in [1.165, 1.54) is 16.2 Å². The van der Waals surface area contributed by atoms with Gasteiger partial charge in [0.15, 0.2) is 5.78 Å². The van der Waals surface area contributed by atoms with Crippen LogP contribution >= 0.6 is 22.7 Å². The summed E-state index contributed by atoms with van der Waals surface area (Å²) in [5.41, 5.74) is 0.839. The molecule has 2 aromatic rings. The van der Waals surface area contributed by atoms with Crippen LogP contribution in [0.25, 0.3) is 0 Å². The number of hydrogen-bond donors (Lipinski definition) is 2. The van der Waals surface area contributed by atoms with Crippen molar-refractivity contribution in [1.29, 1.82) is 0 Å². The molecule has 0 fully saturated rings. The molecule has 2 aromatic heterocycles. The number of thiophene rings is 1. The molecule has 3 amide bonds. The number of nitrogens with one attached hydrogen (secondary N) is 2. The highest BCUT2D eigenvalue weighted by Crippen LogP contribution is 2.20. The summed E-state index contributed by atoms with van der Waals surface area (Å²) in [5.74, 6) is 0.241. The molecule has 8 nitrogen and oxygen atoms in total. The van der Waals surface area contributed by atoms with Gasteiger partial charge in [0.25, 0.3) is 0 Å². The number of alkyl carbamates (subject to hydrolysis) is 1. The van der Waals surface area contributed by atoms with Gasteiger partial charge in [0.2, 0.25) is 0 Å². The summed E-state index contributed by atoms with van der Waals surface area (Å²) in [6.45, 7) is 8.91. The van der Waals surface area contributed by atoms with Crippen LogP contribution in [-0.2, 0) is 22.7 Å². The van der Waals surface area contributed by atoms with Crippen molar-refractivity contribution in [1.82, 2.24) is 20.5 Å². The topological polar surface area (TPSA) is 101 Å². The Balaban J connectivity index is 1.73. The maximum absolute atomic E-state index is 12.7. The lowest BCUT2D eigenvalue weighted by molar-refractivity contribution is -0.121. The first-order chi connectivity index (χ1) is 15.7. The highest BCUT2D eigenvalue weighted by atomic mass is 32.1. The molecule has 1 atom stereocenters. The molecule has 0 radical (unpaired) electrons. The molecule has 33 heavy (non-hydrogen) atoms. The summed E-state index contributed by atoms with van der Waals surface area (Å²) >= 11 is 3.11. The van der Waals surface area contributed by atoms with Gasteiger partial charge in [-0.2, -0.15) is 0 Å². The second-order valence-corrected chi connectivity index (χ2v) is 10.4. The van der Waals surface area contributed by atoms with E-state index in [0.29, 0.717) is 25.4 Å². The number of nitrogens with zero attached hydrogens (tertiary/aromatic N) is 2. The Morgan fingerprint density at radius 1 is 1.18 bits per heavy atom. The van der Waals surface area contributed by atoms with Crippen LogP contribution in [0.5, 0.6) is 0 Å². The molecule has 0 saturated heterocycles. The zero-order chi connectivity index (χ0) is 24.4. The maximum Gasteiger partial charge on any atom is 0.407 e. The van der Waals surface area contributed by atoms with Gasteiger partial charge in [-0.1, -0.05) is 33.8 Å². The summed E-state index contributed by atoms with van der Waals surface area (Å²) in [5, 5.41) is 10.4. The number of urea groups is 1. The van der Waals surface area contributed by atoms with Crippen LogP contribution in [0.1, 0.15) is 62.0 Å². The number of hydrogen-bond acceptors (Lipinski definition) is 7. The van der Waals surface area contributed by atoms with Gasteiger partial charge >= 0.3 is 12.1 Å². The molecule has 0 saturated carbocycles. The molecule has 0 aliphatic carbocycles. The third kappa shape index (κ3) is 9.13. The minimum Gasteiger partial charge on any atom is -0.444 e. The fourth-order valence-corrected chi connectivity index (χ4v) is 4.47. The van der Waals surface area contributed by atoms with E-state index in [-0.39, 0.29) is 30.8 Å². The predicted molar refractivity (Wildman–Crippen MR) is 132 cm³/mol. The summed E-state index contributed by atoms with van der Waals surface area (Å²) in [6.07, 6.45) is 0.217. The largest absolute Gasteiger partial charge is 0.444 e. The molecule has 10 heteroatoms. The number of amides is 3. The number of ketones is 1. The van der Waals surface area contributed by atoms with Crippen LogP contribution in [-0.4, -0.2) is 47.4 Å². The summed E-state index contributed by atoms with van der Waals surface area (Å²) in [7, 11) is 1.69. The molecule has 2 rings (SSSR count). The van der Waals surface area contributed by atoms with Crippen molar-refractivity contribution in [3.8, 4) is 0 Å². The Morgan fingerprint density at radius 3 is 2.55 bits per heavy atom. The van der Waals surface area contributed by atoms with Crippen LogP contribution in [0.15, 0.2) is 22.9 Å². The zero-order valence-corrected chi connectivity index (χ0v) is 21.6. The second kappa shape index (κ2) is 13.3. The normalized spacial score (nSPS) is 12.0. The van der Waals surface area contributed by atoms with Crippen LogP contribution < -0.4 is 10.6 Å². The average molecular weight is 495 g/mol. The molecule has 0 bridgehead atoms. The van der Waals surface area contributed by atoms with E-state index in [0.717, 1.165) is 15.6 Å². The first-order valence-electron chi connectivity index (χ1n) is 11.1. The number of carbonyl (C=O) groups is 3. The summed E-state index contributed by atoms with van der Waals surface area (Å²) < 4.78 is 5.13. The summed E-state index contributed by atoms with van der Waals surface area (Å²) in [4.78, 5) is 44.2. The molecule has 0 aliphatic rings. The van der Waals surface area contributed by atoms with Gasteiger partial charge in [0, 0.05) is 36.2 Å². The highest BCUT2D eigenvalue weighted by molar-refractivity contribution is 7.10. The van der Waals surface area contributed by atoms with Crippen molar-refractivity contribution in [2.45, 2.75) is 65.6 Å². The van der Waals surface area contributed by atoms with Gasteiger partial charge in [-0.05, 0) is 23.8 Å². The van der Waals surface area contributed by atoms with E-state index >= 15 is 0 Å². The number of rotatable bonds is 12. The average Bonchev–Trinajstić information content (AvgIpc) is 3.45. The molecule has 0 aliphatic heterocycles. The number of Topliss-reactive ketones (excluding diaryl/α,β-unsaturated/α-hetero) is 1. The molecular weight excluding hydrogens is 460 g/mol. The molecule has 0 spiro atoms. The first kappa shape index (κ1) is 26.8. The number of aromatic nitrogens is 1. The lowest BCUT2D eigenvalue weighted by Gasteiger charge is -2.25. The fourth-order valence-electron chi connectivity index (χ4n) is 3.03. The lowest BCUT2D eigenvalue weighted by atomic mass is 9.97. The Hall–Kier alpha value is -2.46. The quantitative estimate of drug-likeness (QED) is 0.414. The Kier molecular flexibility index (Phi) is 10.8. The van der Waals surface area contributed by atoms with Gasteiger partial charge in [-0.15, -0.1) is 22.7 Å². The monoisotopic (exact) mass is 494 g/mol.